The number of nitrogens with one attached hydrogen (secondary N) is 12. The molecule has 2 saturated heterocycles. The van der Waals surface area contributed by atoms with Crippen LogP contribution < -0.4 is 75.3 Å². The Kier molecular flexibility index (Phi) is 40.4. The van der Waals surface area contributed by atoms with Gasteiger partial charge in [0.2, 0.25) is 82.7 Å². The predicted molar refractivity (Wildman–Crippen MR) is 402 cm³/mol. The van der Waals surface area contributed by atoms with Crippen molar-refractivity contribution in [1.29, 1.82) is 0 Å². The number of nitrogens with zero attached hydrogens (tertiary/aromatic N) is 2. The molecule has 2 aliphatic rings. The molecule has 14 atom stereocenters. The van der Waals surface area contributed by atoms with E-state index in [0.29, 0.717) is 44.2 Å². The SMILES string of the molecule is CC(C)C[C@H](NC(=O)[C@H](CC(C)C)NC(=O)[C@@H](NC(=O)CNC(=O)[C@@H]1CCCN1C(=O)[C@@H](NC(=O)[C@@H]1CCCN1C(=O)[C@@H](N)CC(C)C)C(C)C)C(C)C)C(=O)N[C@@H](CCCCN)C(=O)N[C@@H](CCC(=O)O)C(=O)N[C@@H](Cc1ccccc1)C(=O)N[C@H](C(=O)N[C@H](C(=O)N[C@@H](CO)C(=O)NCC(=O)O)C(C)C)[C@@H](C)O. The zero-order valence-corrected chi connectivity index (χ0v) is 65.7. The fraction of sp³-hybridized carbons (Fsp3) is 0.703. The number of carbonyl (C=O) groups excluding carboxylic acids is 14. The highest BCUT2D eigenvalue weighted by Crippen LogP contribution is 2.24. The van der Waals surface area contributed by atoms with Crippen molar-refractivity contribution >= 4 is 94.6 Å². The van der Waals surface area contributed by atoms with Crippen LogP contribution in [0.1, 0.15) is 173 Å². The number of rotatable bonds is 47. The number of carbonyl (C=O) groups is 16. The van der Waals surface area contributed by atoms with Gasteiger partial charge in [0.25, 0.3) is 0 Å². The fourth-order valence-corrected chi connectivity index (χ4v) is 12.7. The van der Waals surface area contributed by atoms with Crippen LogP contribution in [0.25, 0.3) is 0 Å². The predicted octanol–water partition coefficient (Wildman–Crippen LogP) is -2.82. The molecule has 0 unspecified atom stereocenters. The summed E-state index contributed by atoms with van der Waals surface area (Å²) in [5.74, 6) is -16.6. The van der Waals surface area contributed by atoms with Crippen molar-refractivity contribution in [3.05, 3.63) is 35.9 Å². The van der Waals surface area contributed by atoms with Crippen LogP contribution in [0, 0.1) is 35.5 Å². The Morgan fingerprint density at radius 2 is 0.882 bits per heavy atom. The van der Waals surface area contributed by atoms with Gasteiger partial charge in [0.1, 0.15) is 79.0 Å². The Morgan fingerprint density at radius 1 is 0.445 bits per heavy atom. The van der Waals surface area contributed by atoms with E-state index >= 15 is 0 Å². The minimum Gasteiger partial charge on any atom is -0.481 e. The Morgan fingerprint density at radius 3 is 1.36 bits per heavy atom. The summed E-state index contributed by atoms with van der Waals surface area (Å²) in [5, 5.41) is 69.9. The third-order valence-electron chi connectivity index (χ3n) is 18.6. The van der Waals surface area contributed by atoms with Crippen LogP contribution in [0.4, 0.5) is 0 Å². The molecule has 0 saturated carbocycles. The summed E-state index contributed by atoms with van der Waals surface area (Å²) in [4.78, 5) is 222. The maximum atomic E-state index is 14.6. The molecule has 14 amide bonds. The number of hydrogen-bond donors (Lipinski definition) is 18. The minimum absolute atomic E-state index is 0.0191. The Hall–Kier alpha value is -9.42. The Bertz CT molecular complexity index is 3300. The molecule has 1 aromatic rings. The van der Waals surface area contributed by atoms with Crippen LogP contribution >= 0.6 is 0 Å². The quantitative estimate of drug-likeness (QED) is 0.0293. The molecule has 110 heavy (non-hydrogen) atoms. The first kappa shape index (κ1) is 94.8. The second-order valence-corrected chi connectivity index (χ2v) is 30.6. The highest BCUT2D eigenvalue weighted by atomic mass is 16.4. The average Bonchev–Trinajstić information content (AvgIpc) is 1.63. The number of aliphatic hydroxyl groups is 2. The van der Waals surface area contributed by atoms with Gasteiger partial charge in [0.15, 0.2) is 0 Å². The third kappa shape index (κ3) is 31.5. The average molecular weight is 1560 g/mol. The molecule has 0 aliphatic carbocycles. The van der Waals surface area contributed by atoms with Crippen LogP contribution in [0.2, 0.25) is 0 Å². The first-order valence-corrected chi connectivity index (χ1v) is 38.0. The lowest BCUT2D eigenvalue weighted by Crippen LogP contribution is -2.63. The number of amides is 14. The highest BCUT2D eigenvalue weighted by Gasteiger charge is 2.44. The third-order valence-corrected chi connectivity index (χ3v) is 18.6. The summed E-state index contributed by atoms with van der Waals surface area (Å²) >= 11 is 0. The summed E-state index contributed by atoms with van der Waals surface area (Å²) in [6.45, 7) is 20.1. The topological polar surface area (TPSA) is 557 Å². The van der Waals surface area contributed by atoms with Crippen molar-refractivity contribution in [2.75, 3.05) is 39.3 Å². The van der Waals surface area contributed by atoms with E-state index in [1.54, 1.807) is 85.7 Å². The summed E-state index contributed by atoms with van der Waals surface area (Å²) in [7, 11) is 0. The van der Waals surface area contributed by atoms with Gasteiger partial charge in [-0.3, -0.25) is 76.7 Å². The van der Waals surface area contributed by atoms with Gasteiger partial charge in [-0.15, -0.1) is 0 Å². The molecule has 2 heterocycles. The fourth-order valence-electron chi connectivity index (χ4n) is 12.7. The monoisotopic (exact) mass is 1550 g/mol. The van der Waals surface area contributed by atoms with E-state index in [-0.39, 0.29) is 75.3 Å². The van der Waals surface area contributed by atoms with Gasteiger partial charge in [0.05, 0.1) is 25.3 Å². The summed E-state index contributed by atoms with van der Waals surface area (Å²) in [6.07, 6.45) is -0.734. The number of aliphatic carboxylic acids is 2. The zero-order chi connectivity index (χ0) is 83.0. The Balaban J connectivity index is 1.84. The maximum Gasteiger partial charge on any atom is 0.322 e. The number of likely N-dealkylation sites (tertiary alicyclic amines) is 2. The largest absolute Gasteiger partial charge is 0.481 e. The number of benzene rings is 1. The molecule has 0 spiro atoms. The first-order chi connectivity index (χ1) is 51.6. The highest BCUT2D eigenvalue weighted by molar-refractivity contribution is 6.00. The molecule has 618 valence electrons. The van der Waals surface area contributed by atoms with Crippen LogP contribution in [0.15, 0.2) is 30.3 Å². The Labute approximate surface area is 643 Å². The smallest absolute Gasteiger partial charge is 0.322 e. The number of carboxylic acids is 2. The van der Waals surface area contributed by atoms with E-state index in [1.807, 2.05) is 19.2 Å². The van der Waals surface area contributed by atoms with Crippen molar-refractivity contribution in [1.82, 2.24) is 73.6 Å². The summed E-state index contributed by atoms with van der Waals surface area (Å²) in [5.41, 5.74) is 12.5. The molecule has 2 fully saturated rings. The van der Waals surface area contributed by atoms with Crippen molar-refractivity contribution in [3.63, 3.8) is 0 Å². The normalized spacial score (nSPS) is 17.5. The number of hydrogen-bond acceptors (Lipinski definition) is 20. The molecule has 1 aromatic carbocycles. The van der Waals surface area contributed by atoms with E-state index in [1.165, 1.54) is 23.6 Å². The van der Waals surface area contributed by atoms with Gasteiger partial charge in [-0.2, -0.15) is 0 Å². The lowest BCUT2D eigenvalue weighted by molar-refractivity contribution is -0.144. The number of carboxylic acid groups (broad SMARTS) is 2. The van der Waals surface area contributed by atoms with Crippen LogP contribution in [0.3, 0.4) is 0 Å². The van der Waals surface area contributed by atoms with E-state index in [4.69, 9.17) is 16.6 Å². The van der Waals surface area contributed by atoms with E-state index in [2.05, 4.69) is 58.5 Å². The second kappa shape index (κ2) is 46.9. The van der Waals surface area contributed by atoms with Crippen LogP contribution in [-0.2, 0) is 83.1 Å². The van der Waals surface area contributed by atoms with Gasteiger partial charge in [-0.25, -0.2) is 0 Å². The van der Waals surface area contributed by atoms with Gasteiger partial charge in [-0.05, 0) is 125 Å². The summed E-state index contributed by atoms with van der Waals surface area (Å²) < 4.78 is 0. The van der Waals surface area contributed by atoms with Crippen LogP contribution in [0.5, 0.6) is 0 Å². The molecular weight excluding hydrogens is 1430 g/mol. The zero-order valence-electron chi connectivity index (χ0n) is 65.7. The molecule has 20 N–H and O–H groups in total. The number of aliphatic hydroxyl groups excluding tert-OH is 2. The molecule has 36 nitrogen and oxygen atoms in total. The van der Waals surface area contributed by atoms with E-state index < -0.39 is 224 Å². The van der Waals surface area contributed by atoms with E-state index in [0.717, 1.165) is 6.92 Å². The van der Waals surface area contributed by atoms with Gasteiger partial charge in [-0.1, -0.05) is 113 Å². The maximum absolute atomic E-state index is 14.6. The van der Waals surface area contributed by atoms with Crippen molar-refractivity contribution in [2.45, 2.75) is 258 Å². The standard InChI is InChI=1S/C74H122N16O20/c1-38(2)31-46(76)73(109)89-29-20-25-54(89)69(105)87-60(43(11)12)74(110)90-30-19-24-53(90)68(104)77-35-55(93)85-58(41(7)8)70(106)83-50(33-40(5)6)66(102)81-49(32-39(3)4)65(101)79-47(23-17-18-28-75)63(99)80-48(26-27-56(94)95)64(100)82-51(34-45-21-15-14-16-22-45)67(103)88-61(44(13)92)72(108)86-59(42(9)10)71(107)84-52(37-91)62(98)78-36-57(96)97/h14-16,21-22,38-44,46-54,58-61,91-92H,17-20,23-37,75-76H2,1-13H3,(H,77,104)(H,78,98)(H,79,101)(H,80,99)(H,81,102)(H,82,100)(H,83,106)(H,84,107)(H,85,93)(H,86,108)(H,87,105)(H,88,103)(H,94,95)(H,96,97)/t44-,46+,47+,48+,49+,50+,51+,52+,53+,54+,58+,59+,60+,61+/m1/s1. The molecule has 0 aromatic heterocycles. The van der Waals surface area contributed by atoms with Crippen molar-refractivity contribution < 1.29 is 97.1 Å². The van der Waals surface area contributed by atoms with Crippen LogP contribution in [-0.4, -0.2) is 249 Å². The van der Waals surface area contributed by atoms with Gasteiger partial charge >= 0.3 is 11.9 Å². The minimum atomic E-state index is -1.85. The number of unbranched alkanes of at least 4 members (excludes halogenated alkanes) is 1. The van der Waals surface area contributed by atoms with Gasteiger partial charge in [0, 0.05) is 25.9 Å². The second-order valence-electron chi connectivity index (χ2n) is 30.6. The van der Waals surface area contributed by atoms with Crippen molar-refractivity contribution in [3.8, 4) is 0 Å². The molecule has 0 radical (unpaired) electrons. The van der Waals surface area contributed by atoms with E-state index in [9.17, 15) is 92.0 Å². The molecule has 3 rings (SSSR count). The molecule has 2 aliphatic heterocycles. The number of nitrogens with two attached hydrogens (primary N) is 2. The lowest BCUT2D eigenvalue weighted by Gasteiger charge is -2.32. The molecular formula is C74H122N16O20. The molecule has 0 bridgehead atoms. The first-order valence-electron chi connectivity index (χ1n) is 38.0. The summed E-state index contributed by atoms with van der Waals surface area (Å²) in [6, 6.07) is -9.40. The lowest BCUT2D eigenvalue weighted by atomic mass is 9.98. The van der Waals surface area contributed by atoms with Crippen molar-refractivity contribution in [2.24, 2.45) is 47.0 Å². The molecule has 36 heteroatoms. The van der Waals surface area contributed by atoms with Gasteiger partial charge < -0.3 is 105 Å².